The first-order valence-electron chi connectivity index (χ1n) is 9.22. The first-order chi connectivity index (χ1) is 11.9. The van der Waals surface area contributed by atoms with Crippen LogP contribution in [0.15, 0.2) is 48.8 Å². The average Bonchev–Trinajstić information content (AvgIpc) is 2.62. The van der Waals surface area contributed by atoms with Crippen molar-refractivity contribution in [1.29, 1.82) is 0 Å². The van der Waals surface area contributed by atoms with Crippen LogP contribution in [0, 0.1) is 5.92 Å². The molecule has 0 aliphatic carbocycles. The summed E-state index contributed by atoms with van der Waals surface area (Å²) >= 11 is 0. The van der Waals surface area contributed by atoms with Crippen molar-refractivity contribution in [3.63, 3.8) is 0 Å². The van der Waals surface area contributed by atoms with Gasteiger partial charge in [0, 0.05) is 25.5 Å². The molecule has 1 aliphatic rings. The smallest absolute Gasteiger partial charge is 0.255 e. The first kappa shape index (κ1) is 17.7. The van der Waals surface area contributed by atoms with Crippen LogP contribution in [0.3, 0.4) is 0 Å². The van der Waals surface area contributed by atoms with Gasteiger partial charge in [0.1, 0.15) is 0 Å². The number of pyridine rings is 1. The largest absolute Gasteiger partial charge is 0.339 e. The number of hydrogen-bond acceptors (Lipinski definition) is 2. The van der Waals surface area contributed by atoms with E-state index in [1.54, 1.807) is 12.4 Å². The van der Waals surface area contributed by atoms with Gasteiger partial charge in [-0.3, -0.25) is 9.78 Å². The summed E-state index contributed by atoms with van der Waals surface area (Å²) in [5.74, 6) is 0.777. The molecule has 1 aromatic carbocycles. The topological polar surface area (TPSA) is 33.2 Å². The maximum Gasteiger partial charge on any atom is 0.255 e. The van der Waals surface area contributed by atoms with E-state index in [-0.39, 0.29) is 11.3 Å². The van der Waals surface area contributed by atoms with Crippen LogP contribution >= 0.6 is 0 Å². The van der Waals surface area contributed by atoms with Crippen molar-refractivity contribution < 1.29 is 4.79 Å². The summed E-state index contributed by atoms with van der Waals surface area (Å²) in [5.41, 5.74) is 3.69. The van der Waals surface area contributed by atoms with E-state index in [0.717, 1.165) is 32.4 Å². The van der Waals surface area contributed by atoms with Gasteiger partial charge in [0.2, 0.25) is 0 Å². The van der Waals surface area contributed by atoms with E-state index in [4.69, 9.17) is 0 Å². The van der Waals surface area contributed by atoms with Crippen molar-refractivity contribution in [1.82, 2.24) is 9.88 Å². The molecular formula is C22H28N2O. The molecule has 1 saturated heterocycles. The molecule has 1 aromatic heterocycles. The second-order valence-electron chi connectivity index (χ2n) is 8.13. The Hall–Kier alpha value is -2.16. The maximum absolute atomic E-state index is 12.5. The van der Waals surface area contributed by atoms with Crippen LogP contribution in [0.25, 0.3) is 0 Å². The van der Waals surface area contributed by atoms with Crippen LogP contribution in [0.1, 0.15) is 55.1 Å². The van der Waals surface area contributed by atoms with E-state index >= 15 is 0 Å². The molecule has 0 atom stereocenters. The standard InChI is InChI=1S/C22H28N2O/c1-22(2,3)20-8-6-17(7-9-20)15-18-10-13-24(14-11-18)21(25)19-5-4-12-23-16-19/h4-9,12,16,18H,10-11,13-15H2,1-3H3. The highest BCUT2D eigenvalue weighted by atomic mass is 16.2. The average molecular weight is 336 g/mol. The second kappa shape index (κ2) is 7.38. The molecule has 3 nitrogen and oxygen atoms in total. The van der Waals surface area contributed by atoms with Gasteiger partial charge in [-0.25, -0.2) is 0 Å². The molecule has 0 radical (unpaired) electrons. The molecular weight excluding hydrogens is 308 g/mol. The Labute approximate surface area is 151 Å². The number of amides is 1. The Kier molecular flexibility index (Phi) is 5.22. The molecule has 0 bridgehead atoms. The normalized spacial score (nSPS) is 16.0. The van der Waals surface area contributed by atoms with E-state index in [1.807, 2.05) is 17.0 Å². The zero-order valence-corrected chi connectivity index (χ0v) is 15.5. The minimum Gasteiger partial charge on any atom is -0.339 e. The van der Waals surface area contributed by atoms with Crippen molar-refractivity contribution >= 4 is 5.91 Å². The fraction of sp³-hybridized carbons (Fsp3) is 0.455. The number of rotatable bonds is 3. The van der Waals surface area contributed by atoms with Gasteiger partial charge >= 0.3 is 0 Å². The molecule has 0 spiro atoms. The third kappa shape index (κ3) is 4.47. The van der Waals surface area contributed by atoms with E-state index in [2.05, 4.69) is 50.0 Å². The number of nitrogens with zero attached hydrogens (tertiary/aromatic N) is 2. The van der Waals surface area contributed by atoms with Gasteiger partial charge in [0.25, 0.3) is 5.91 Å². The molecule has 3 rings (SSSR count). The van der Waals surface area contributed by atoms with Gasteiger partial charge in [-0.05, 0) is 53.9 Å². The van der Waals surface area contributed by atoms with Crippen molar-refractivity contribution in [2.24, 2.45) is 5.92 Å². The van der Waals surface area contributed by atoms with Crippen LogP contribution in [0.4, 0.5) is 0 Å². The fourth-order valence-corrected chi connectivity index (χ4v) is 3.49. The SMILES string of the molecule is CC(C)(C)c1ccc(CC2CCN(C(=O)c3cccnc3)CC2)cc1. The van der Waals surface area contributed by atoms with Crippen molar-refractivity contribution in [2.75, 3.05) is 13.1 Å². The third-order valence-corrected chi connectivity index (χ3v) is 5.15. The number of benzene rings is 1. The summed E-state index contributed by atoms with van der Waals surface area (Å²) in [7, 11) is 0. The van der Waals surface area contributed by atoms with Crippen molar-refractivity contribution in [2.45, 2.75) is 45.4 Å². The molecule has 3 heteroatoms. The minimum atomic E-state index is 0.112. The minimum absolute atomic E-state index is 0.112. The molecule has 2 aromatic rings. The number of carbonyl (C=O) groups is 1. The predicted octanol–water partition coefficient (Wildman–Crippen LogP) is 4.47. The van der Waals surface area contributed by atoms with Crippen LogP contribution in [0.2, 0.25) is 0 Å². The maximum atomic E-state index is 12.5. The van der Waals surface area contributed by atoms with Gasteiger partial charge in [-0.1, -0.05) is 45.0 Å². The highest BCUT2D eigenvalue weighted by Crippen LogP contribution is 2.26. The highest BCUT2D eigenvalue weighted by Gasteiger charge is 2.24. The summed E-state index contributed by atoms with van der Waals surface area (Å²) in [5, 5.41) is 0. The fourth-order valence-electron chi connectivity index (χ4n) is 3.49. The lowest BCUT2D eigenvalue weighted by Gasteiger charge is -2.32. The summed E-state index contributed by atoms with van der Waals surface area (Å²) in [6, 6.07) is 12.7. The van der Waals surface area contributed by atoms with Gasteiger partial charge in [0.05, 0.1) is 5.56 Å². The first-order valence-corrected chi connectivity index (χ1v) is 9.22. The zero-order chi connectivity index (χ0) is 17.9. The monoisotopic (exact) mass is 336 g/mol. The van der Waals surface area contributed by atoms with Crippen molar-refractivity contribution in [3.05, 3.63) is 65.5 Å². The summed E-state index contributed by atoms with van der Waals surface area (Å²) in [4.78, 5) is 18.5. The van der Waals surface area contributed by atoms with Crippen LogP contribution in [-0.4, -0.2) is 28.9 Å². The number of likely N-dealkylation sites (tertiary alicyclic amines) is 1. The third-order valence-electron chi connectivity index (χ3n) is 5.15. The number of aromatic nitrogens is 1. The predicted molar refractivity (Wildman–Crippen MR) is 102 cm³/mol. The number of carbonyl (C=O) groups excluding carboxylic acids is 1. The summed E-state index contributed by atoms with van der Waals surface area (Å²) in [6.07, 6.45) is 6.62. The lowest BCUT2D eigenvalue weighted by molar-refractivity contribution is 0.0690. The molecule has 132 valence electrons. The molecule has 0 N–H and O–H groups in total. The Morgan fingerprint density at radius 1 is 1.12 bits per heavy atom. The quantitative estimate of drug-likeness (QED) is 0.828. The summed E-state index contributed by atoms with van der Waals surface area (Å²) in [6.45, 7) is 8.43. The molecule has 1 fully saturated rings. The number of hydrogen-bond donors (Lipinski definition) is 0. The van der Waals surface area contributed by atoms with Gasteiger partial charge in [-0.2, -0.15) is 0 Å². The van der Waals surface area contributed by atoms with E-state index in [0.29, 0.717) is 11.5 Å². The molecule has 0 saturated carbocycles. The van der Waals surface area contributed by atoms with Crippen LogP contribution in [0.5, 0.6) is 0 Å². The molecule has 2 heterocycles. The second-order valence-corrected chi connectivity index (χ2v) is 8.13. The molecule has 1 aliphatic heterocycles. The highest BCUT2D eigenvalue weighted by molar-refractivity contribution is 5.93. The lowest BCUT2D eigenvalue weighted by Crippen LogP contribution is -2.38. The van der Waals surface area contributed by atoms with E-state index < -0.39 is 0 Å². The van der Waals surface area contributed by atoms with Crippen LogP contribution < -0.4 is 0 Å². The number of piperidine rings is 1. The molecule has 25 heavy (non-hydrogen) atoms. The summed E-state index contributed by atoms with van der Waals surface area (Å²) < 4.78 is 0. The van der Waals surface area contributed by atoms with Crippen molar-refractivity contribution in [3.8, 4) is 0 Å². The Morgan fingerprint density at radius 3 is 2.36 bits per heavy atom. The van der Waals surface area contributed by atoms with Crippen LogP contribution in [-0.2, 0) is 11.8 Å². The lowest BCUT2D eigenvalue weighted by atomic mass is 9.85. The Balaban J connectivity index is 1.53. The van der Waals surface area contributed by atoms with E-state index in [9.17, 15) is 4.79 Å². The zero-order valence-electron chi connectivity index (χ0n) is 15.5. The Bertz CT molecular complexity index is 693. The Morgan fingerprint density at radius 2 is 1.80 bits per heavy atom. The van der Waals surface area contributed by atoms with Gasteiger partial charge in [-0.15, -0.1) is 0 Å². The van der Waals surface area contributed by atoms with E-state index in [1.165, 1.54) is 11.1 Å². The van der Waals surface area contributed by atoms with Gasteiger partial charge < -0.3 is 4.90 Å². The molecule has 1 amide bonds. The van der Waals surface area contributed by atoms with Gasteiger partial charge in [0.15, 0.2) is 0 Å². The molecule has 0 unspecified atom stereocenters.